The van der Waals surface area contributed by atoms with Gasteiger partial charge in [0, 0.05) is 24.7 Å². The Balaban J connectivity index is 2.26. The quantitative estimate of drug-likeness (QED) is 0.908. The Labute approximate surface area is 115 Å². The minimum Gasteiger partial charge on any atom is -0.334 e. The van der Waals surface area contributed by atoms with Gasteiger partial charge >= 0.3 is 6.18 Å². The average Bonchev–Trinajstić information content (AvgIpc) is 2.78. The Morgan fingerprint density at radius 1 is 1.45 bits per heavy atom. The summed E-state index contributed by atoms with van der Waals surface area (Å²) in [5, 5.41) is 0. The average molecular weight is 286 g/mol. The van der Waals surface area contributed by atoms with Crippen molar-refractivity contribution in [1.82, 2.24) is 4.90 Å². The fourth-order valence-electron chi connectivity index (χ4n) is 2.61. The highest BCUT2D eigenvalue weighted by molar-refractivity contribution is 5.94. The van der Waals surface area contributed by atoms with Gasteiger partial charge in [0.25, 0.3) is 5.91 Å². The molecule has 6 heteroatoms. The number of amides is 1. The molecule has 0 radical (unpaired) electrons. The summed E-state index contributed by atoms with van der Waals surface area (Å²) in [5.41, 5.74) is 4.91. The van der Waals surface area contributed by atoms with Crippen molar-refractivity contribution in [3.63, 3.8) is 0 Å². The van der Waals surface area contributed by atoms with Crippen molar-refractivity contribution in [3.05, 3.63) is 35.4 Å². The third-order valence-electron chi connectivity index (χ3n) is 3.82. The zero-order valence-corrected chi connectivity index (χ0v) is 11.2. The third-order valence-corrected chi connectivity index (χ3v) is 3.82. The molecule has 1 aromatic carbocycles. The molecule has 0 spiro atoms. The van der Waals surface area contributed by atoms with Crippen molar-refractivity contribution in [3.8, 4) is 0 Å². The zero-order valence-electron chi connectivity index (χ0n) is 11.2. The van der Waals surface area contributed by atoms with Crippen molar-refractivity contribution in [1.29, 1.82) is 0 Å². The second-order valence-electron chi connectivity index (χ2n) is 5.15. The van der Waals surface area contributed by atoms with Crippen LogP contribution in [0.25, 0.3) is 0 Å². The Morgan fingerprint density at radius 3 is 2.75 bits per heavy atom. The Bertz CT molecular complexity index is 501. The molecule has 2 unspecified atom stereocenters. The summed E-state index contributed by atoms with van der Waals surface area (Å²) in [6.07, 6.45) is -3.62. The van der Waals surface area contributed by atoms with Crippen LogP contribution in [0.1, 0.15) is 29.3 Å². The van der Waals surface area contributed by atoms with Gasteiger partial charge in [0.05, 0.1) is 5.56 Å². The van der Waals surface area contributed by atoms with Crippen LogP contribution in [-0.4, -0.2) is 29.9 Å². The van der Waals surface area contributed by atoms with Crippen LogP contribution in [0.3, 0.4) is 0 Å². The zero-order chi connectivity index (χ0) is 14.9. The molecule has 20 heavy (non-hydrogen) atoms. The number of rotatable bonds is 2. The van der Waals surface area contributed by atoms with E-state index in [0.717, 1.165) is 18.6 Å². The minimum atomic E-state index is -4.44. The predicted molar refractivity (Wildman–Crippen MR) is 69.1 cm³/mol. The standard InChI is InChI=1S/C14H17F3N2O/c1-9-5-6-19(12(9)8-18)13(20)10-3-2-4-11(7-10)14(15,16)17/h2-4,7,9,12H,5-6,8,18H2,1H3. The molecular weight excluding hydrogens is 269 g/mol. The predicted octanol–water partition coefficient (Wildman–Crippen LogP) is 2.51. The van der Waals surface area contributed by atoms with E-state index in [4.69, 9.17) is 5.73 Å². The fraction of sp³-hybridized carbons (Fsp3) is 0.500. The first-order chi connectivity index (χ1) is 9.34. The fourth-order valence-corrected chi connectivity index (χ4v) is 2.61. The number of likely N-dealkylation sites (tertiary alicyclic amines) is 1. The summed E-state index contributed by atoms with van der Waals surface area (Å²) in [5.74, 6) is -0.106. The van der Waals surface area contributed by atoms with E-state index in [9.17, 15) is 18.0 Å². The van der Waals surface area contributed by atoms with Gasteiger partial charge in [-0.1, -0.05) is 13.0 Å². The molecule has 0 bridgehead atoms. The molecule has 2 N–H and O–H groups in total. The molecule has 1 aromatic rings. The smallest absolute Gasteiger partial charge is 0.334 e. The van der Waals surface area contributed by atoms with Crippen LogP contribution < -0.4 is 5.73 Å². The molecular formula is C14H17F3N2O. The van der Waals surface area contributed by atoms with Gasteiger partial charge in [0.15, 0.2) is 0 Å². The Hall–Kier alpha value is -1.56. The van der Waals surface area contributed by atoms with E-state index in [1.807, 2.05) is 6.92 Å². The third kappa shape index (κ3) is 2.80. The number of alkyl halides is 3. The van der Waals surface area contributed by atoms with Crippen LogP contribution in [0.2, 0.25) is 0 Å². The molecule has 1 heterocycles. The van der Waals surface area contributed by atoms with E-state index < -0.39 is 11.7 Å². The first-order valence-corrected chi connectivity index (χ1v) is 6.53. The number of carbonyl (C=O) groups is 1. The first kappa shape index (κ1) is 14.8. The minimum absolute atomic E-state index is 0.0624. The topological polar surface area (TPSA) is 46.3 Å². The van der Waals surface area contributed by atoms with Crippen LogP contribution >= 0.6 is 0 Å². The van der Waals surface area contributed by atoms with Crippen molar-refractivity contribution >= 4 is 5.91 Å². The lowest BCUT2D eigenvalue weighted by atomic mass is 10.0. The van der Waals surface area contributed by atoms with Crippen LogP contribution in [0.4, 0.5) is 13.2 Å². The van der Waals surface area contributed by atoms with Crippen molar-refractivity contribution in [2.75, 3.05) is 13.1 Å². The van der Waals surface area contributed by atoms with E-state index in [-0.39, 0.29) is 23.4 Å². The number of nitrogens with two attached hydrogens (primary N) is 1. The number of hydrogen-bond acceptors (Lipinski definition) is 2. The molecule has 1 saturated heterocycles. The first-order valence-electron chi connectivity index (χ1n) is 6.53. The van der Waals surface area contributed by atoms with Gasteiger partial charge in [-0.3, -0.25) is 4.79 Å². The van der Waals surface area contributed by atoms with Crippen molar-refractivity contribution < 1.29 is 18.0 Å². The largest absolute Gasteiger partial charge is 0.416 e. The molecule has 3 nitrogen and oxygen atoms in total. The Morgan fingerprint density at radius 2 is 2.15 bits per heavy atom. The molecule has 1 aliphatic rings. The summed E-state index contributed by atoms with van der Waals surface area (Å²) >= 11 is 0. The molecule has 1 fully saturated rings. The van der Waals surface area contributed by atoms with Gasteiger partial charge in [-0.2, -0.15) is 13.2 Å². The van der Waals surface area contributed by atoms with Gasteiger partial charge in [-0.15, -0.1) is 0 Å². The van der Waals surface area contributed by atoms with Crippen LogP contribution in [-0.2, 0) is 6.18 Å². The number of halogens is 3. The van der Waals surface area contributed by atoms with Crippen molar-refractivity contribution in [2.45, 2.75) is 25.6 Å². The Kier molecular flexibility index (Phi) is 4.04. The van der Waals surface area contributed by atoms with E-state index in [0.29, 0.717) is 13.1 Å². The van der Waals surface area contributed by atoms with E-state index >= 15 is 0 Å². The summed E-state index contributed by atoms with van der Waals surface area (Å²) in [6.45, 7) is 2.86. The highest BCUT2D eigenvalue weighted by Crippen LogP contribution is 2.31. The number of benzene rings is 1. The van der Waals surface area contributed by atoms with Crippen molar-refractivity contribution in [2.24, 2.45) is 11.7 Å². The second kappa shape index (κ2) is 5.44. The van der Waals surface area contributed by atoms with E-state index in [1.165, 1.54) is 12.1 Å². The molecule has 1 aliphatic heterocycles. The summed E-state index contributed by atoms with van der Waals surface area (Å²) in [7, 11) is 0. The maximum Gasteiger partial charge on any atom is 0.416 e. The lowest BCUT2D eigenvalue weighted by Gasteiger charge is -2.26. The van der Waals surface area contributed by atoms with Gasteiger partial charge in [-0.05, 0) is 30.5 Å². The normalized spacial score (nSPS) is 23.1. The molecule has 0 saturated carbocycles. The van der Waals surface area contributed by atoms with Crippen LogP contribution in [0, 0.1) is 5.92 Å². The molecule has 2 rings (SSSR count). The van der Waals surface area contributed by atoms with Gasteiger partial charge in [0.2, 0.25) is 0 Å². The molecule has 1 amide bonds. The van der Waals surface area contributed by atoms with E-state index in [2.05, 4.69) is 0 Å². The van der Waals surface area contributed by atoms with Crippen LogP contribution in [0.15, 0.2) is 24.3 Å². The number of hydrogen-bond donors (Lipinski definition) is 1. The molecule has 2 atom stereocenters. The summed E-state index contributed by atoms with van der Waals surface area (Å²) in [6, 6.07) is 4.43. The lowest BCUT2D eigenvalue weighted by molar-refractivity contribution is -0.137. The number of carbonyl (C=O) groups excluding carboxylic acids is 1. The van der Waals surface area contributed by atoms with E-state index in [1.54, 1.807) is 4.90 Å². The molecule has 0 aromatic heterocycles. The van der Waals surface area contributed by atoms with Gasteiger partial charge in [0.1, 0.15) is 0 Å². The maximum absolute atomic E-state index is 12.7. The maximum atomic E-state index is 12.7. The SMILES string of the molecule is CC1CCN(C(=O)c2cccc(C(F)(F)F)c2)C1CN. The highest BCUT2D eigenvalue weighted by Gasteiger charge is 2.35. The number of nitrogens with zero attached hydrogens (tertiary/aromatic N) is 1. The van der Waals surface area contributed by atoms with Gasteiger partial charge < -0.3 is 10.6 Å². The second-order valence-corrected chi connectivity index (χ2v) is 5.15. The monoisotopic (exact) mass is 286 g/mol. The lowest BCUT2D eigenvalue weighted by Crippen LogP contribution is -2.42. The molecule has 110 valence electrons. The summed E-state index contributed by atoms with van der Waals surface area (Å²) < 4.78 is 38.0. The van der Waals surface area contributed by atoms with Crippen LogP contribution in [0.5, 0.6) is 0 Å². The summed E-state index contributed by atoms with van der Waals surface area (Å²) in [4.78, 5) is 13.9. The van der Waals surface area contributed by atoms with Gasteiger partial charge in [-0.25, -0.2) is 0 Å². The highest BCUT2D eigenvalue weighted by atomic mass is 19.4. The molecule has 0 aliphatic carbocycles.